The summed E-state index contributed by atoms with van der Waals surface area (Å²) in [5.41, 5.74) is 0.242. The van der Waals surface area contributed by atoms with Gasteiger partial charge in [-0.3, -0.25) is 0 Å². The largest absolute Gasteiger partial charge is 0.491 e. The number of hydrogen-bond acceptors (Lipinski definition) is 4. The van der Waals surface area contributed by atoms with Crippen LogP contribution >= 0.6 is 0 Å². The van der Waals surface area contributed by atoms with Gasteiger partial charge in [0.15, 0.2) is 6.23 Å². The van der Waals surface area contributed by atoms with E-state index in [9.17, 15) is 26.7 Å². The molecule has 22 heavy (non-hydrogen) atoms. The molecular formula is C13H13F5N2O2. The summed E-state index contributed by atoms with van der Waals surface area (Å²) in [5.74, 6) is -5.58. The van der Waals surface area contributed by atoms with Crippen LogP contribution in [0.2, 0.25) is 0 Å². The van der Waals surface area contributed by atoms with E-state index in [2.05, 4.69) is 10.1 Å². The Labute approximate surface area is 122 Å². The molecule has 0 saturated carbocycles. The van der Waals surface area contributed by atoms with Crippen LogP contribution in [0, 0.1) is 0 Å². The summed E-state index contributed by atoms with van der Waals surface area (Å²) in [4.78, 5) is 11.9. The molecule has 9 heteroatoms. The Morgan fingerprint density at radius 3 is 2.50 bits per heavy atom. The summed E-state index contributed by atoms with van der Waals surface area (Å²) in [6, 6.07) is 7.64. The van der Waals surface area contributed by atoms with Crippen LogP contribution in [0.1, 0.15) is 0 Å². The Hall–Kier alpha value is -1.90. The van der Waals surface area contributed by atoms with Gasteiger partial charge in [0.2, 0.25) is 0 Å². The summed E-state index contributed by atoms with van der Waals surface area (Å²) in [6.07, 6.45) is -6.66. The molecule has 0 radical (unpaired) electrons. The van der Waals surface area contributed by atoms with Crippen molar-refractivity contribution < 1.29 is 31.5 Å². The third kappa shape index (κ3) is 4.06. The molecule has 122 valence electrons. The Morgan fingerprint density at radius 1 is 1.27 bits per heavy atom. The Balaban J connectivity index is 2.26. The number of rotatable bonds is 2. The SMILES string of the molecule is O=C(OC1CNCC(F)(F)CN1c1ccccc1)C(F)(F)F. The Bertz CT molecular complexity index is 521. The summed E-state index contributed by atoms with van der Waals surface area (Å²) >= 11 is 0. The predicted octanol–water partition coefficient (Wildman–Crippen LogP) is 2.16. The van der Waals surface area contributed by atoms with Crippen LogP contribution in [0.5, 0.6) is 0 Å². The molecular weight excluding hydrogens is 311 g/mol. The molecule has 2 rings (SSSR count). The van der Waals surface area contributed by atoms with Crippen molar-refractivity contribution in [2.75, 3.05) is 24.5 Å². The highest BCUT2D eigenvalue weighted by molar-refractivity contribution is 5.76. The lowest BCUT2D eigenvalue weighted by atomic mass is 10.2. The lowest BCUT2D eigenvalue weighted by Gasteiger charge is -2.32. The van der Waals surface area contributed by atoms with Gasteiger partial charge in [-0.25, -0.2) is 13.6 Å². The van der Waals surface area contributed by atoms with Crippen LogP contribution < -0.4 is 10.2 Å². The van der Waals surface area contributed by atoms with Crippen LogP contribution in [-0.2, 0) is 9.53 Å². The fraction of sp³-hybridized carbons (Fsp3) is 0.462. The van der Waals surface area contributed by atoms with E-state index < -0.39 is 37.4 Å². The lowest BCUT2D eigenvalue weighted by molar-refractivity contribution is -0.204. The number of nitrogens with zero attached hydrogens (tertiary/aromatic N) is 1. The maximum atomic E-state index is 13.7. The first-order valence-electron chi connectivity index (χ1n) is 6.37. The number of alkyl halides is 5. The second-order valence-electron chi connectivity index (χ2n) is 4.81. The number of benzene rings is 1. The molecule has 0 aliphatic carbocycles. The molecule has 1 aliphatic heterocycles. The van der Waals surface area contributed by atoms with E-state index in [1.165, 1.54) is 12.1 Å². The van der Waals surface area contributed by atoms with Crippen molar-refractivity contribution in [1.29, 1.82) is 0 Å². The third-order valence-corrected chi connectivity index (χ3v) is 3.01. The summed E-state index contributed by atoms with van der Waals surface area (Å²) in [7, 11) is 0. The van der Waals surface area contributed by atoms with Gasteiger partial charge in [0.05, 0.1) is 19.6 Å². The average molecular weight is 324 g/mol. The number of para-hydroxylation sites is 1. The second kappa shape index (κ2) is 6.07. The van der Waals surface area contributed by atoms with Crippen LogP contribution in [0.15, 0.2) is 30.3 Å². The number of ether oxygens (including phenoxy) is 1. The molecule has 0 spiro atoms. The van der Waals surface area contributed by atoms with Crippen molar-refractivity contribution in [1.82, 2.24) is 5.32 Å². The van der Waals surface area contributed by atoms with Crippen LogP contribution in [0.4, 0.5) is 27.6 Å². The molecule has 1 aromatic rings. The number of halogens is 5. The molecule has 1 unspecified atom stereocenters. The van der Waals surface area contributed by atoms with Crippen molar-refractivity contribution in [2.24, 2.45) is 0 Å². The van der Waals surface area contributed by atoms with Gasteiger partial charge in [0.25, 0.3) is 5.92 Å². The molecule has 0 bridgehead atoms. The zero-order chi connectivity index (χ0) is 16.4. The van der Waals surface area contributed by atoms with Crippen LogP contribution in [-0.4, -0.2) is 43.9 Å². The first kappa shape index (κ1) is 16.5. The fourth-order valence-electron chi connectivity index (χ4n) is 2.07. The minimum absolute atomic E-state index is 0.242. The quantitative estimate of drug-likeness (QED) is 0.669. The summed E-state index contributed by atoms with van der Waals surface area (Å²) in [5, 5.41) is 2.31. The number of esters is 1. The van der Waals surface area contributed by atoms with Gasteiger partial charge >= 0.3 is 12.1 Å². The molecule has 1 atom stereocenters. The maximum absolute atomic E-state index is 13.7. The lowest BCUT2D eigenvalue weighted by Crippen LogP contribution is -2.47. The Kier molecular flexibility index (Phi) is 4.55. The van der Waals surface area contributed by atoms with Crippen molar-refractivity contribution in [3.63, 3.8) is 0 Å². The highest BCUT2D eigenvalue weighted by Crippen LogP contribution is 2.27. The monoisotopic (exact) mass is 324 g/mol. The number of nitrogens with one attached hydrogen (secondary N) is 1. The zero-order valence-corrected chi connectivity index (χ0v) is 11.2. The third-order valence-electron chi connectivity index (χ3n) is 3.01. The fourth-order valence-corrected chi connectivity index (χ4v) is 2.07. The van der Waals surface area contributed by atoms with Crippen LogP contribution in [0.3, 0.4) is 0 Å². The second-order valence-corrected chi connectivity index (χ2v) is 4.81. The van der Waals surface area contributed by atoms with E-state index in [1.807, 2.05) is 0 Å². The molecule has 0 amide bonds. The topological polar surface area (TPSA) is 41.6 Å². The van der Waals surface area contributed by atoms with Gasteiger partial charge in [-0.1, -0.05) is 18.2 Å². The molecule has 4 nitrogen and oxygen atoms in total. The predicted molar refractivity (Wildman–Crippen MR) is 67.5 cm³/mol. The van der Waals surface area contributed by atoms with E-state index in [0.717, 1.165) is 4.90 Å². The highest BCUT2D eigenvalue weighted by Gasteiger charge is 2.45. The average Bonchev–Trinajstić information content (AvgIpc) is 2.57. The van der Waals surface area contributed by atoms with Crippen LogP contribution in [0.25, 0.3) is 0 Å². The molecule has 0 aromatic heterocycles. The summed E-state index contributed by atoms with van der Waals surface area (Å²) in [6.45, 7) is -1.91. The van der Waals surface area contributed by atoms with Crippen molar-refractivity contribution >= 4 is 11.7 Å². The molecule has 1 N–H and O–H groups in total. The van der Waals surface area contributed by atoms with E-state index in [4.69, 9.17) is 0 Å². The van der Waals surface area contributed by atoms with Crippen molar-refractivity contribution in [3.05, 3.63) is 30.3 Å². The first-order chi connectivity index (χ1) is 10.2. The molecule has 1 fully saturated rings. The van der Waals surface area contributed by atoms with Crippen molar-refractivity contribution in [3.8, 4) is 0 Å². The van der Waals surface area contributed by atoms with E-state index in [0.29, 0.717) is 0 Å². The van der Waals surface area contributed by atoms with Gasteiger partial charge < -0.3 is 15.0 Å². The molecule has 1 aromatic carbocycles. The van der Waals surface area contributed by atoms with Gasteiger partial charge in [0.1, 0.15) is 0 Å². The van der Waals surface area contributed by atoms with Gasteiger partial charge in [-0.15, -0.1) is 0 Å². The standard InChI is InChI=1S/C13H13F5N2O2/c14-12(15)7-19-6-10(22-11(21)13(16,17)18)20(8-12)9-4-2-1-3-5-9/h1-5,10,19H,6-8H2. The number of hydrogen-bond donors (Lipinski definition) is 1. The first-order valence-corrected chi connectivity index (χ1v) is 6.37. The molecule has 1 heterocycles. The highest BCUT2D eigenvalue weighted by atomic mass is 19.4. The van der Waals surface area contributed by atoms with E-state index in [-0.39, 0.29) is 12.2 Å². The van der Waals surface area contributed by atoms with Crippen molar-refractivity contribution in [2.45, 2.75) is 18.3 Å². The minimum Gasteiger partial charge on any atom is -0.433 e. The van der Waals surface area contributed by atoms with Gasteiger partial charge in [0, 0.05) is 5.69 Å². The zero-order valence-electron chi connectivity index (χ0n) is 11.2. The van der Waals surface area contributed by atoms with E-state index in [1.54, 1.807) is 18.2 Å². The van der Waals surface area contributed by atoms with Gasteiger partial charge in [-0.2, -0.15) is 13.2 Å². The van der Waals surface area contributed by atoms with E-state index >= 15 is 0 Å². The Morgan fingerprint density at radius 2 is 1.91 bits per heavy atom. The number of carbonyl (C=O) groups is 1. The smallest absolute Gasteiger partial charge is 0.433 e. The number of anilines is 1. The molecule has 1 saturated heterocycles. The minimum atomic E-state index is -5.18. The number of carbonyl (C=O) groups excluding carboxylic acids is 1. The maximum Gasteiger partial charge on any atom is 0.491 e. The molecule has 1 aliphatic rings. The van der Waals surface area contributed by atoms with Gasteiger partial charge in [-0.05, 0) is 12.1 Å². The summed E-state index contributed by atoms with van der Waals surface area (Å²) < 4.78 is 68.7. The normalized spacial score (nSPS) is 22.0.